The number of nitrogens with zero attached hydrogens (tertiary/aromatic N) is 2. The van der Waals surface area contributed by atoms with Gasteiger partial charge in [-0.15, -0.1) is 0 Å². The second-order valence-electron chi connectivity index (χ2n) is 4.97. The van der Waals surface area contributed by atoms with Gasteiger partial charge in [-0.25, -0.2) is 4.98 Å². The van der Waals surface area contributed by atoms with Crippen LogP contribution < -0.4 is 5.32 Å². The summed E-state index contributed by atoms with van der Waals surface area (Å²) in [6.45, 7) is 0. The Bertz CT molecular complexity index is 897. The van der Waals surface area contributed by atoms with Crippen LogP contribution >= 0.6 is 0 Å². The van der Waals surface area contributed by atoms with Gasteiger partial charge in [0.25, 0.3) is 5.91 Å². The lowest BCUT2D eigenvalue weighted by molar-refractivity contribution is 0.0963. The molecular formula is C18H14N4O. The third kappa shape index (κ3) is 2.97. The van der Waals surface area contributed by atoms with Crippen molar-refractivity contribution in [3.05, 3.63) is 65.5 Å². The van der Waals surface area contributed by atoms with Crippen LogP contribution in [0.4, 0.5) is 0 Å². The van der Waals surface area contributed by atoms with Crippen molar-refractivity contribution in [3.8, 4) is 6.07 Å². The molecule has 3 rings (SSSR count). The minimum Gasteiger partial charge on any atom is -0.355 e. The molecule has 1 heterocycles. The number of benzene rings is 2. The van der Waals surface area contributed by atoms with Gasteiger partial charge in [-0.05, 0) is 35.9 Å². The fourth-order valence-electron chi connectivity index (χ4n) is 2.28. The van der Waals surface area contributed by atoms with Gasteiger partial charge in [0.05, 0.1) is 16.6 Å². The SMILES string of the molecule is CNC(=O)c1ccc(C=C(C#N)c2nc3ccccc3[nH]2)cc1. The van der Waals surface area contributed by atoms with E-state index >= 15 is 0 Å². The first-order valence-electron chi connectivity index (χ1n) is 7.10. The standard InChI is InChI=1S/C18H14N4O/c1-20-18(23)13-8-6-12(7-9-13)10-14(11-19)17-21-15-4-2-3-5-16(15)22-17/h2-10H,1H3,(H,20,23)(H,21,22). The monoisotopic (exact) mass is 302 g/mol. The van der Waals surface area contributed by atoms with E-state index in [1.807, 2.05) is 24.3 Å². The highest BCUT2D eigenvalue weighted by Gasteiger charge is 2.08. The third-order valence-electron chi connectivity index (χ3n) is 3.48. The Hall–Kier alpha value is -3.39. The van der Waals surface area contributed by atoms with Crippen molar-refractivity contribution in [2.75, 3.05) is 7.05 Å². The van der Waals surface area contributed by atoms with Gasteiger partial charge in [0.1, 0.15) is 11.9 Å². The lowest BCUT2D eigenvalue weighted by Gasteiger charge is -2.00. The quantitative estimate of drug-likeness (QED) is 0.730. The molecule has 2 N–H and O–H groups in total. The fraction of sp³-hybridized carbons (Fsp3) is 0.0556. The topological polar surface area (TPSA) is 81.6 Å². The van der Waals surface area contributed by atoms with E-state index in [-0.39, 0.29) is 5.91 Å². The number of carbonyl (C=O) groups is 1. The molecule has 0 radical (unpaired) electrons. The molecule has 0 saturated heterocycles. The van der Waals surface area contributed by atoms with Crippen molar-refractivity contribution in [1.82, 2.24) is 15.3 Å². The Kier molecular flexibility index (Phi) is 3.89. The Labute approximate surface area is 133 Å². The number of amides is 1. The maximum Gasteiger partial charge on any atom is 0.251 e. The van der Waals surface area contributed by atoms with Crippen LogP contribution in [0.25, 0.3) is 22.7 Å². The van der Waals surface area contributed by atoms with Gasteiger partial charge in [-0.3, -0.25) is 4.79 Å². The number of allylic oxidation sites excluding steroid dienone is 1. The molecule has 0 aliphatic carbocycles. The van der Waals surface area contributed by atoms with Gasteiger partial charge in [0, 0.05) is 12.6 Å². The first-order valence-corrected chi connectivity index (χ1v) is 7.10. The number of H-pyrrole nitrogens is 1. The Balaban J connectivity index is 1.95. The van der Waals surface area contributed by atoms with Crippen molar-refractivity contribution in [2.24, 2.45) is 0 Å². The molecule has 0 aliphatic heterocycles. The van der Waals surface area contributed by atoms with Crippen molar-refractivity contribution >= 4 is 28.6 Å². The molecule has 112 valence electrons. The molecule has 0 spiro atoms. The molecule has 23 heavy (non-hydrogen) atoms. The number of nitriles is 1. The number of imidazole rings is 1. The Morgan fingerprint density at radius 2 is 1.96 bits per heavy atom. The van der Waals surface area contributed by atoms with E-state index in [0.29, 0.717) is 17.0 Å². The molecule has 5 heteroatoms. The molecule has 2 aromatic carbocycles. The van der Waals surface area contributed by atoms with Crippen LogP contribution in [0.3, 0.4) is 0 Å². The summed E-state index contributed by atoms with van der Waals surface area (Å²) < 4.78 is 0. The molecule has 0 bridgehead atoms. The van der Waals surface area contributed by atoms with Gasteiger partial charge in [-0.1, -0.05) is 24.3 Å². The highest BCUT2D eigenvalue weighted by molar-refractivity contribution is 5.95. The van der Waals surface area contributed by atoms with Crippen LogP contribution in [0.2, 0.25) is 0 Å². The minimum absolute atomic E-state index is 0.140. The van der Waals surface area contributed by atoms with E-state index in [1.165, 1.54) is 0 Å². The van der Waals surface area contributed by atoms with Crippen molar-refractivity contribution in [3.63, 3.8) is 0 Å². The summed E-state index contributed by atoms with van der Waals surface area (Å²) in [5.41, 5.74) is 3.55. The number of hydrogen-bond donors (Lipinski definition) is 2. The maximum atomic E-state index is 11.5. The second kappa shape index (κ2) is 6.16. The zero-order valence-corrected chi connectivity index (χ0v) is 12.5. The van der Waals surface area contributed by atoms with E-state index < -0.39 is 0 Å². The van der Waals surface area contributed by atoms with Crippen LogP contribution in [0.5, 0.6) is 0 Å². The molecule has 5 nitrogen and oxygen atoms in total. The van der Waals surface area contributed by atoms with Crippen LogP contribution in [0.1, 0.15) is 21.7 Å². The predicted molar refractivity (Wildman–Crippen MR) is 89.4 cm³/mol. The summed E-state index contributed by atoms with van der Waals surface area (Å²) in [4.78, 5) is 19.1. The molecule has 0 saturated carbocycles. The Morgan fingerprint density at radius 3 is 2.61 bits per heavy atom. The van der Waals surface area contributed by atoms with Gasteiger partial charge < -0.3 is 10.3 Å². The van der Waals surface area contributed by atoms with Crippen LogP contribution in [0, 0.1) is 11.3 Å². The lowest BCUT2D eigenvalue weighted by Crippen LogP contribution is -2.17. The average Bonchev–Trinajstić information content (AvgIpc) is 3.03. The molecule has 1 amide bonds. The third-order valence-corrected chi connectivity index (χ3v) is 3.48. The zero-order valence-electron chi connectivity index (χ0n) is 12.5. The number of aromatic nitrogens is 2. The predicted octanol–water partition coefficient (Wildman–Crippen LogP) is 2.99. The maximum absolute atomic E-state index is 11.5. The molecule has 0 atom stereocenters. The minimum atomic E-state index is -0.140. The zero-order chi connectivity index (χ0) is 16.2. The number of hydrogen-bond acceptors (Lipinski definition) is 3. The number of carbonyl (C=O) groups excluding carboxylic acids is 1. The molecule has 0 unspecified atom stereocenters. The van der Waals surface area contributed by atoms with Crippen LogP contribution in [-0.4, -0.2) is 22.9 Å². The van der Waals surface area contributed by atoms with E-state index in [0.717, 1.165) is 16.6 Å². The first-order chi connectivity index (χ1) is 11.2. The summed E-state index contributed by atoms with van der Waals surface area (Å²) in [6.07, 6.45) is 1.74. The number of aromatic amines is 1. The van der Waals surface area contributed by atoms with E-state index in [9.17, 15) is 10.1 Å². The second-order valence-corrected chi connectivity index (χ2v) is 4.97. The summed E-state index contributed by atoms with van der Waals surface area (Å²) in [6, 6.07) is 16.8. The van der Waals surface area contributed by atoms with E-state index in [4.69, 9.17) is 0 Å². The number of nitrogens with one attached hydrogen (secondary N) is 2. The van der Waals surface area contributed by atoms with Gasteiger partial charge in [0.2, 0.25) is 0 Å². The molecule has 0 aliphatic rings. The van der Waals surface area contributed by atoms with Crippen molar-refractivity contribution in [2.45, 2.75) is 0 Å². The average molecular weight is 302 g/mol. The van der Waals surface area contributed by atoms with Crippen molar-refractivity contribution < 1.29 is 4.79 Å². The lowest BCUT2D eigenvalue weighted by atomic mass is 10.1. The Morgan fingerprint density at radius 1 is 1.22 bits per heavy atom. The molecule has 0 fully saturated rings. The molecule has 1 aromatic heterocycles. The molecular weight excluding hydrogens is 288 g/mol. The summed E-state index contributed by atoms with van der Waals surface area (Å²) in [5, 5.41) is 12.0. The largest absolute Gasteiger partial charge is 0.355 e. The van der Waals surface area contributed by atoms with E-state index in [2.05, 4.69) is 21.4 Å². The normalized spacial score (nSPS) is 11.2. The first kappa shape index (κ1) is 14.5. The van der Waals surface area contributed by atoms with Gasteiger partial charge >= 0.3 is 0 Å². The number of rotatable bonds is 3. The summed E-state index contributed by atoms with van der Waals surface area (Å²) in [7, 11) is 1.59. The van der Waals surface area contributed by atoms with E-state index in [1.54, 1.807) is 37.4 Å². The van der Waals surface area contributed by atoms with Crippen LogP contribution in [-0.2, 0) is 0 Å². The molecule has 3 aromatic rings. The number of fused-ring (bicyclic) bond motifs is 1. The fourth-order valence-corrected chi connectivity index (χ4v) is 2.28. The summed E-state index contributed by atoms with van der Waals surface area (Å²) in [5.74, 6) is 0.391. The van der Waals surface area contributed by atoms with Gasteiger partial charge in [0.15, 0.2) is 0 Å². The number of para-hydroxylation sites is 2. The highest BCUT2D eigenvalue weighted by Crippen LogP contribution is 2.19. The highest BCUT2D eigenvalue weighted by atomic mass is 16.1. The van der Waals surface area contributed by atoms with Crippen LogP contribution in [0.15, 0.2) is 48.5 Å². The van der Waals surface area contributed by atoms with Gasteiger partial charge in [-0.2, -0.15) is 5.26 Å². The summed E-state index contributed by atoms with van der Waals surface area (Å²) >= 11 is 0. The van der Waals surface area contributed by atoms with Crippen molar-refractivity contribution in [1.29, 1.82) is 5.26 Å². The smallest absolute Gasteiger partial charge is 0.251 e.